The summed E-state index contributed by atoms with van der Waals surface area (Å²) < 4.78 is 0. The van der Waals surface area contributed by atoms with Gasteiger partial charge in [-0.15, -0.1) is 0 Å². The minimum Gasteiger partial charge on any atom is -0.338 e. The van der Waals surface area contributed by atoms with E-state index in [1.165, 1.54) is 12.1 Å². The Labute approximate surface area is 166 Å². The zero-order valence-electron chi connectivity index (χ0n) is 15.5. The van der Waals surface area contributed by atoms with Crippen LogP contribution in [0.4, 0.5) is 16.2 Å². The Hall–Kier alpha value is -3.75. The maximum Gasteiger partial charge on any atom is 0.321 e. The van der Waals surface area contributed by atoms with Gasteiger partial charge in [-0.25, -0.2) is 4.79 Å². The maximum atomic E-state index is 12.4. The third-order valence-corrected chi connectivity index (χ3v) is 5.13. The van der Waals surface area contributed by atoms with E-state index in [9.17, 15) is 24.5 Å². The molecule has 0 aliphatic carbocycles. The summed E-state index contributed by atoms with van der Waals surface area (Å²) in [6.45, 7) is 1.03. The highest BCUT2D eigenvalue weighted by atomic mass is 16.6. The van der Waals surface area contributed by atoms with Gasteiger partial charge >= 0.3 is 6.03 Å². The van der Waals surface area contributed by atoms with Crippen LogP contribution in [0, 0.1) is 10.1 Å². The molecule has 9 nitrogen and oxygen atoms in total. The van der Waals surface area contributed by atoms with Crippen LogP contribution in [0.15, 0.2) is 42.5 Å². The molecule has 2 heterocycles. The number of nitrogens with one attached hydrogen (secondary N) is 1. The molecule has 2 aliphatic heterocycles. The van der Waals surface area contributed by atoms with Crippen LogP contribution in [0.2, 0.25) is 0 Å². The third kappa shape index (κ3) is 3.31. The first-order chi connectivity index (χ1) is 14.0. The first-order valence-corrected chi connectivity index (χ1v) is 9.25. The Morgan fingerprint density at radius 3 is 2.66 bits per heavy atom. The molecule has 0 spiro atoms. The van der Waals surface area contributed by atoms with Gasteiger partial charge in [-0.3, -0.25) is 29.5 Å². The quantitative estimate of drug-likeness (QED) is 0.362. The van der Waals surface area contributed by atoms with Crippen LogP contribution >= 0.6 is 0 Å². The highest BCUT2D eigenvalue weighted by Gasteiger charge is 2.36. The van der Waals surface area contributed by atoms with Gasteiger partial charge in [0.15, 0.2) is 0 Å². The Morgan fingerprint density at radius 1 is 1.10 bits per heavy atom. The second kappa shape index (κ2) is 7.34. The number of nitrogens with zero attached hydrogens (tertiary/aromatic N) is 3. The summed E-state index contributed by atoms with van der Waals surface area (Å²) in [7, 11) is 0. The number of amides is 4. The Morgan fingerprint density at radius 2 is 1.86 bits per heavy atom. The van der Waals surface area contributed by atoms with E-state index in [0.717, 1.165) is 28.6 Å². The van der Waals surface area contributed by atoms with Crippen molar-refractivity contribution in [2.75, 3.05) is 24.5 Å². The van der Waals surface area contributed by atoms with Crippen molar-refractivity contribution in [3.63, 3.8) is 0 Å². The summed E-state index contributed by atoms with van der Waals surface area (Å²) in [5.41, 5.74) is 2.00. The molecular formula is C20H18N4O5. The first kappa shape index (κ1) is 18.6. The lowest BCUT2D eigenvalue weighted by molar-refractivity contribution is -0.384. The molecule has 1 N–H and O–H groups in total. The molecule has 9 heteroatoms. The number of nitro benzene ring substituents is 1. The molecule has 2 aromatic rings. The number of nitro groups is 1. The van der Waals surface area contributed by atoms with E-state index in [1.54, 1.807) is 4.90 Å². The average Bonchev–Trinajstić information content (AvgIpc) is 3.25. The number of anilines is 1. The monoisotopic (exact) mass is 394 g/mol. The zero-order valence-corrected chi connectivity index (χ0v) is 15.5. The van der Waals surface area contributed by atoms with E-state index in [1.807, 2.05) is 24.3 Å². The van der Waals surface area contributed by atoms with Gasteiger partial charge in [-0.05, 0) is 30.5 Å². The number of urea groups is 1. The molecule has 0 saturated carbocycles. The molecule has 2 aromatic carbocycles. The summed E-state index contributed by atoms with van der Waals surface area (Å²) in [6, 6.07) is 11.2. The van der Waals surface area contributed by atoms with Crippen LogP contribution < -0.4 is 10.2 Å². The topological polar surface area (TPSA) is 113 Å². The first-order valence-electron chi connectivity index (χ1n) is 9.25. The van der Waals surface area contributed by atoms with Crippen molar-refractivity contribution in [1.29, 1.82) is 0 Å². The lowest BCUT2D eigenvalue weighted by atomic mass is 10.1. The van der Waals surface area contributed by atoms with Crippen molar-refractivity contribution < 1.29 is 19.3 Å². The van der Waals surface area contributed by atoms with E-state index in [2.05, 4.69) is 5.32 Å². The number of imide groups is 1. The average molecular weight is 394 g/mol. The van der Waals surface area contributed by atoms with Gasteiger partial charge in [0.25, 0.3) is 17.5 Å². The van der Waals surface area contributed by atoms with Crippen molar-refractivity contribution in [3.05, 3.63) is 69.3 Å². The van der Waals surface area contributed by atoms with Crippen molar-refractivity contribution in [1.82, 2.24) is 10.2 Å². The molecule has 0 atom stereocenters. The van der Waals surface area contributed by atoms with Gasteiger partial charge < -0.3 is 5.32 Å². The van der Waals surface area contributed by atoms with Gasteiger partial charge in [-0.1, -0.05) is 18.2 Å². The minimum absolute atomic E-state index is 0.0434. The summed E-state index contributed by atoms with van der Waals surface area (Å²) in [5, 5.41) is 13.7. The number of non-ortho nitro benzene ring substituents is 1. The molecule has 0 unspecified atom stereocenters. The van der Waals surface area contributed by atoms with E-state index in [4.69, 9.17) is 0 Å². The fourth-order valence-electron chi connectivity index (χ4n) is 3.67. The molecular weight excluding hydrogens is 376 g/mol. The predicted molar refractivity (Wildman–Crippen MR) is 104 cm³/mol. The van der Waals surface area contributed by atoms with Gasteiger partial charge in [0.05, 0.1) is 16.1 Å². The van der Waals surface area contributed by atoms with Crippen LogP contribution in [-0.4, -0.2) is 47.3 Å². The van der Waals surface area contributed by atoms with Crippen LogP contribution in [0.3, 0.4) is 0 Å². The fraction of sp³-hybridized carbons (Fsp3) is 0.250. The Kier molecular flexibility index (Phi) is 4.71. The molecule has 4 rings (SSSR count). The molecule has 4 amide bonds. The molecule has 0 fully saturated rings. The molecule has 148 valence electrons. The standard InChI is InChI=1S/C20H18N4O5/c25-18-15-7-6-14(24(28)29)12-16(15)19(26)23(18)10-3-9-21-20(27)22-11-8-13-4-1-2-5-17(13)22/h1-2,4-7,12H,3,8-11H2,(H,21,27). The number of rotatable bonds is 5. The normalized spacial score (nSPS) is 14.8. The molecule has 29 heavy (non-hydrogen) atoms. The fourth-order valence-corrected chi connectivity index (χ4v) is 3.67. The summed E-state index contributed by atoms with van der Waals surface area (Å²) >= 11 is 0. The summed E-state index contributed by atoms with van der Waals surface area (Å²) in [5.74, 6) is -1.02. The van der Waals surface area contributed by atoms with Crippen molar-refractivity contribution in [3.8, 4) is 0 Å². The van der Waals surface area contributed by atoms with Crippen LogP contribution in [0.5, 0.6) is 0 Å². The van der Waals surface area contributed by atoms with Gasteiger partial charge in [0, 0.05) is 37.5 Å². The Balaban J connectivity index is 1.32. The van der Waals surface area contributed by atoms with Crippen LogP contribution in [0.25, 0.3) is 0 Å². The van der Waals surface area contributed by atoms with Gasteiger partial charge in [0.2, 0.25) is 0 Å². The second-order valence-corrected chi connectivity index (χ2v) is 6.86. The zero-order chi connectivity index (χ0) is 20.5. The Bertz CT molecular complexity index is 1040. The van der Waals surface area contributed by atoms with Crippen LogP contribution in [-0.2, 0) is 6.42 Å². The largest absolute Gasteiger partial charge is 0.338 e. The molecule has 2 aliphatic rings. The number of carbonyl (C=O) groups is 3. The smallest absolute Gasteiger partial charge is 0.321 e. The molecule has 0 saturated heterocycles. The SMILES string of the molecule is O=C1c2ccc([N+](=O)[O-])cc2C(=O)N1CCCNC(=O)N1CCc2ccccc21. The molecule has 0 radical (unpaired) electrons. The highest BCUT2D eigenvalue weighted by Crippen LogP contribution is 2.28. The molecule has 0 aromatic heterocycles. The lowest BCUT2D eigenvalue weighted by Gasteiger charge is -2.19. The molecule has 0 bridgehead atoms. The summed E-state index contributed by atoms with van der Waals surface area (Å²) in [4.78, 5) is 50.3. The van der Waals surface area contributed by atoms with Gasteiger partial charge in [-0.2, -0.15) is 0 Å². The number of benzene rings is 2. The number of hydrogen-bond donors (Lipinski definition) is 1. The highest BCUT2D eigenvalue weighted by molar-refractivity contribution is 6.21. The van der Waals surface area contributed by atoms with E-state index < -0.39 is 16.7 Å². The number of para-hydroxylation sites is 1. The third-order valence-electron chi connectivity index (χ3n) is 5.13. The number of hydrogen-bond acceptors (Lipinski definition) is 5. The van der Waals surface area contributed by atoms with E-state index >= 15 is 0 Å². The maximum absolute atomic E-state index is 12.4. The van der Waals surface area contributed by atoms with E-state index in [-0.39, 0.29) is 29.4 Å². The van der Waals surface area contributed by atoms with Crippen molar-refractivity contribution in [2.45, 2.75) is 12.8 Å². The predicted octanol–water partition coefficient (Wildman–Crippen LogP) is 2.35. The lowest BCUT2D eigenvalue weighted by Crippen LogP contribution is -2.40. The summed E-state index contributed by atoms with van der Waals surface area (Å²) in [6.07, 6.45) is 1.19. The van der Waals surface area contributed by atoms with Gasteiger partial charge in [0.1, 0.15) is 0 Å². The number of fused-ring (bicyclic) bond motifs is 2. The van der Waals surface area contributed by atoms with Crippen molar-refractivity contribution >= 4 is 29.2 Å². The van der Waals surface area contributed by atoms with Crippen LogP contribution in [0.1, 0.15) is 32.7 Å². The van der Waals surface area contributed by atoms with Crippen molar-refractivity contribution in [2.24, 2.45) is 0 Å². The number of carbonyl (C=O) groups excluding carboxylic acids is 3. The van der Waals surface area contributed by atoms with E-state index in [0.29, 0.717) is 19.5 Å². The second-order valence-electron chi connectivity index (χ2n) is 6.86. The minimum atomic E-state index is -0.604.